The second kappa shape index (κ2) is 7.05. The molecule has 0 aliphatic heterocycles. The number of hydrogen-bond acceptors (Lipinski definition) is 1. The summed E-state index contributed by atoms with van der Waals surface area (Å²) in [6, 6.07) is 10.7. The van der Waals surface area contributed by atoms with Gasteiger partial charge in [-0.15, -0.1) is 0 Å². The molecule has 0 fully saturated rings. The van der Waals surface area contributed by atoms with Gasteiger partial charge in [0, 0.05) is 4.47 Å². The topological polar surface area (TPSA) is 9.23 Å². The summed E-state index contributed by atoms with van der Waals surface area (Å²) in [5.74, 6) is 0.542. The molecule has 0 saturated heterocycles. The highest BCUT2D eigenvalue weighted by Gasteiger charge is 2.14. The van der Waals surface area contributed by atoms with Crippen molar-refractivity contribution in [2.75, 3.05) is 6.61 Å². The minimum absolute atomic E-state index is 0.0820. The highest BCUT2D eigenvalue weighted by Crippen LogP contribution is 2.36. The molecule has 2 aromatic rings. The van der Waals surface area contributed by atoms with Crippen LogP contribution in [-0.4, -0.2) is 6.61 Å². The zero-order valence-electron chi connectivity index (χ0n) is 10.7. The normalized spacial score (nSPS) is 12.2. The minimum Gasteiger partial charge on any atom is -0.493 e. The molecular formula is C15H12Br3FO. The molecule has 0 aromatic heterocycles. The number of hydrogen-bond donors (Lipinski definition) is 0. The standard InChI is InChI=1S/C15H12Br3FO/c1-2-20-14-4-3-9(7-13(14)17)15(18)10-5-11(16)8-12(19)6-10/h3-8,15H,2H2,1H3. The van der Waals surface area contributed by atoms with Gasteiger partial charge in [-0.1, -0.05) is 37.9 Å². The van der Waals surface area contributed by atoms with E-state index in [2.05, 4.69) is 47.8 Å². The van der Waals surface area contributed by atoms with Gasteiger partial charge in [0.05, 0.1) is 15.9 Å². The van der Waals surface area contributed by atoms with Crippen molar-refractivity contribution < 1.29 is 9.13 Å². The van der Waals surface area contributed by atoms with Gasteiger partial charge in [0.25, 0.3) is 0 Å². The molecule has 0 spiro atoms. The molecule has 1 unspecified atom stereocenters. The third kappa shape index (κ3) is 3.83. The largest absolute Gasteiger partial charge is 0.493 e. The SMILES string of the molecule is CCOc1ccc(C(Br)c2cc(F)cc(Br)c2)cc1Br. The molecule has 106 valence electrons. The predicted molar refractivity (Wildman–Crippen MR) is 90.2 cm³/mol. The fourth-order valence-electron chi connectivity index (χ4n) is 1.86. The van der Waals surface area contributed by atoms with Crippen molar-refractivity contribution in [1.29, 1.82) is 0 Å². The number of benzene rings is 2. The van der Waals surface area contributed by atoms with Gasteiger partial charge in [-0.25, -0.2) is 4.39 Å². The van der Waals surface area contributed by atoms with Gasteiger partial charge >= 0.3 is 0 Å². The quantitative estimate of drug-likeness (QED) is 0.485. The first-order valence-corrected chi connectivity index (χ1v) is 8.53. The van der Waals surface area contributed by atoms with Crippen molar-refractivity contribution in [2.24, 2.45) is 0 Å². The molecular weight excluding hydrogens is 455 g/mol. The van der Waals surface area contributed by atoms with Crippen LogP contribution in [0.15, 0.2) is 45.3 Å². The molecule has 0 saturated carbocycles. The van der Waals surface area contributed by atoms with Gasteiger partial charge in [0.2, 0.25) is 0 Å². The molecule has 0 bridgehead atoms. The molecule has 0 aliphatic carbocycles. The van der Waals surface area contributed by atoms with E-state index in [0.29, 0.717) is 6.61 Å². The maximum atomic E-state index is 13.5. The first-order valence-electron chi connectivity index (χ1n) is 6.03. The Hall–Kier alpha value is -0.390. The van der Waals surface area contributed by atoms with Gasteiger partial charge in [0.15, 0.2) is 0 Å². The first-order chi connectivity index (χ1) is 9.51. The number of rotatable bonds is 4. The Morgan fingerprint density at radius 2 is 1.85 bits per heavy atom. The lowest BCUT2D eigenvalue weighted by atomic mass is 10.0. The second-order valence-corrected chi connectivity index (χ2v) is 6.87. The summed E-state index contributed by atoms with van der Waals surface area (Å²) < 4.78 is 20.6. The molecule has 1 atom stereocenters. The van der Waals surface area contributed by atoms with Crippen molar-refractivity contribution in [1.82, 2.24) is 0 Å². The molecule has 0 amide bonds. The zero-order valence-corrected chi connectivity index (χ0v) is 15.4. The van der Waals surface area contributed by atoms with Gasteiger partial charge in [-0.3, -0.25) is 0 Å². The van der Waals surface area contributed by atoms with Crippen LogP contribution in [0.2, 0.25) is 0 Å². The Morgan fingerprint density at radius 3 is 2.45 bits per heavy atom. The van der Waals surface area contributed by atoms with Crippen LogP contribution in [-0.2, 0) is 0 Å². The molecule has 0 aliphatic rings. The number of ether oxygens (including phenoxy) is 1. The number of halogens is 4. The fraction of sp³-hybridized carbons (Fsp3) is 0.200. The van der Waals surface area contributed by atoms with E-state index in [0.717, 1.165) is 25.8 Å². The summed E-state index contributed by atoms with van der Waals surface area (Å²) in [6.45, 7) is 2.56. The van der Waals surface area contributed by atoms with Crippen LogP contribution >= 0.6 is 47.8 Å². The van der Waals surface area contributed by atoms with Crippen LogP contribution in [0.5, 0.6) is 5.75 Å². The smallest absolute Gasteiger partial charge is 0.133 e. The van der Waals surface area contributed by atoms with Crippen molar-refractivity contribution in [3.8, 4) is 5.75 Å². The summed E-state index contributed by atoms with van der Waals surface area (Å²) in [5.41, 5.74) is 1.88. The Balaban J connectivity index is 2.33. The summed E-state index contributed by atoms with van der Waals surface area (Å²) >= 11 is 10.4. The first kappa shape index (κ1) is 16.0. The van der Waals surface area contributed by atoms with E-state index in [4.69, 9.17) is 4.74 Å². The van der Waals surface area contributed by atoms with E-state index in [-0.39, 0.29) is 10.6 Å². The summed E-state index contributed by atoms with van der Waals surface area (Å²) in [5, 5.41) is 0. The lowest BCUT2D eigenvalue weighted by molar-refractivity contribution is 0.338. The summed E-state index contributed by atoms with van der Waals surface area (Å²) in [6.07, 6.45) is 0. The van der Waals surface area contributed by atoms with Gasteiger partial charge in [-0.2, -0.15) is 0 Å². The maximum absolute atomic E-state index is 13.5. The lowest BCUT2D eigenvalue weighted by Crippen LogP contribution is -1.97. The van der Waals surface area contributed by atoms with E-state index in [1.807, 2.05) is 31.2 Å². The average molecular weight is 467 g/mol. The monoisotopic (exact) mass is 464 g/mol. The van der Waals surface area contributed by atoms with E-state index in [1.165, 1.54) is 12.1 Å². The molecule has 0 heterocycles. The van der Waals surface area contributed by atoms with Crippen molar-refractivity contribution >= 4 is 47.8 Å². The molecule has 2 rings (SSSR count). The summed E-state index contributed by atoms with van der Waals surface area (Å²) in [4.78, 5) is -0.0820. The molecule has 1 nitrogen and oxygen atoms in total. The van der Waals surface area contributed by atoms with E-state index >= 15 is 0 Å². The highest BCUT2D eigenvalue weighted by atomic mass is 79.9. The van der Waals surface area contributed by atoms with Gasteiger partial charge < -0.3 is 4.74 Å². The highest BCUT2D eigenvalue weighted by molar-refractivity contribution is 9.11. The van der Waals surface area contributed by atoms with Crippen molar-refractivity contribution in [3.05, 3.63) is 62.3 Å². The molecule has 2 aromatic carbocycles. The fourth-order valence-corrected chi connectivity index (χ4v) is 3.40. The van der Waals surface area contributed by atoms with Gasteiger partial charge in [-0.05, 0) is 64.3 Å². The lowest BCUT2D eigenvalue weighted by Gasteiger charge is -2.14. The third-order valence-corrected chi connectivity index (χ3v) is 4.86. The Morgan fingerprint density at radius 1 is 1.10 bits per heavy atom. The van der Waals surface area contributed by atoms with Crippen LogP contribution < -0.4 is 4.74 Å². The van der Waals surface area contributed by atoms with Gasteiger partial charge in [0.1, 0.15) is 11.6 Å². The van der Waals surface area contributed by atoms with Crippen LogP contribution in [0.1, 0.15) is 22.9 Å². The van der Waals surface area contributed by atoms with Crippen LogP contribution in [0.25, 0.3) is 0 Å². The molecule has 5 heteroatoms. The second-order valence-electron chi connectivity index (χ2n) is 4.19. The van der Waals surface area contributed by atoms with E-state index < -0.39 is 0 Å². The Labute approximate surface area is 142 Å². The predicted octanol–water partition coefficient (Wildman–Crippen LogP) is 6.23. The van der Waals surface area contributed by atoms with Crippen molar-refractivity contribution in [3.63, 3.8) is 0 Å². The summed E-state index contributed by atoms with van der Waals surface area (Å²) in [7, 11) is 0. The Bertz CT molecular complexity index is 596. The van der Waals surface area contributed by atoms with E-state index in [1.54, 1.807) is 0 Å². The third-order valence-electron chi connectivity index (χ3n) is 2.73. The van der Waals surface area contributed by atoms with Crippen molar-refractivity contribution in [2.45, 2.75) is 11.8 Å². The Kier molecular flexibility index (Phi) is 5.64. The van der Waals surface area contributed by atoms with Crippen LogP contribution in [0, 0.1) is 5.82 Å². The molecule has 0 radical (unpaired) electrons. The van der Waals surface area contributed by atoms with Crippen LogP contribution in [0.3, 0.4) is 0 Å². The average Bonchev–Trinajstić information content (AvgIpc) is 2.39. The minimum atomic E-state index is -0.260. The molecule has 0 N–H and O–H groups in total. The maximum Gasteiger partial charge on any atom is 0.133 e. The zero-order chi connectivity index (χ0) is 14.7. The molecule has 20 heavy (non-hydrogen) atoms. The number of alkyl halides is 1. The van der Waals surface area contributed by atoms with Crippen LogP contribution in [0.4, 0.5) is 4.39 Å². The van der Waals surface area contributed by atoms with E-state index in [9.17, 15) is 4.39 Å².